The molecule has 0 saturated carbocycles. The predicted molar refractivity (Wildman–Crippen MR) is 73.1 cm³/mol. The molecule has 1 fully saturated rings. The zero-order valence-corrected chi connectivity index (χ0v) is 11.8. The summed E-state index contributed by atoms with van der Waals surface area (Å²) in [6, 6.07) is 2.78. The van der Waals surface area contributed by atoms with Gasteiger partial charge in [0.05, 0.1) is 19.8 Å². The minimum atomic E-state index is -0.638. The van der Waals surface area contributed by atoms with Gasteiger partial charge in [-0.3, -0.25) is 4.90 Å². The number of nitrogens with zero attached hydrogens (tertiary/aromatic N) is 1. The lowest BCUT2D eigenvalue weighted by Gasteiger charge is -2.26. The highest BCUT2D eigenvalue weighted by Crippen LogP contribution is 2.25. The fourth-order valence-corrected chi connectivity index (χ4v) is 2.36. The summed E-state index contributed by atoms with van der Waals surface area (Å²) in [6.07, 6.45) is 1.43. The zero-order chi connectivity index (χ0) is 14.4. The van der Waals surface area contributed by atoms with E-state index in [-0.39, 0.29) is 12.4 Å². The van der Waals surface area contributed by atoms with E-state index in [0.29, 0.717) is 12.0 Å². The maximum Gasteiger partial charge on any atom is 0.190 e. The van der Waals surface area contributed by atoms with Crippen molar-refractivity contribution in [3.05, 3.63) is 29.3 Å². The molecule has 5 heteroatoms. The van der Waals surface area contributed by atoms with Crippen molar-refractivity contribution in [2.24, 2.45) is 0 Å². The third-order valence-electron chi connectivity index (χ3n) is 3.44. The molecule has 1 aromatic rings. The van der Waals surface area contributed by atoms with Gasteiger partial charge in [0.15, 0.2) is 17.4 Å². The molecule has 0 bridgehead atoms. The van der Waals surface area contributed by atoms with E-state index in [4.69, 9.17) is 9.47 Å². The number of ether oxygens (including phenoxy) is 2. The minimum absolute atomic E-state index is 0.253. The Kier molecular flexibility index (Phi) is 5.73. The molecule has 20 heavy (non-hydrogen) atoms. The second kappa shape index (κ2) is 7.55. The molecular weight excluding hydrogens is 264 g/mol. The highest BCUT2D eigenvalue weighted by molar-refractivity contribution is 5.32. The molecule has 0 aromatic heterocycles. The number of rotatable bonds is 6. The lowest BCUT2D eigenvalue weighted by Crippen LogP contribution is -2.36. The van der Waals surface area contributed by atoms with Crippen LogP contribution in [0.4, 0.5) is 8.78 Å². The number of hydrogen-bond acceptors (Lipinski definition) is 3. The van der Waals surface area contributed by atoms with Crippen molar-refractivity contribution >= 4 is 0 Å². The van der Waals surface area contributed by atoms with Crippen molar-refractivity contribution < 1.29 is 18.3 Å². The fraction of sp³-hybridized carbons (Fsp3) is 0.600. The Morgan fingerprint density at radius 3 is 2.70 bits per heavy atom. The van der Waals surface area contributed by atoms with Gasteiger partial charge in [0.1, 0.15) is 0 Å². The van der Waals surface area contributed by atoms with Gasteiger partial charge in [-0.05, 0) is 37.9 Å². The lowest BCUT2D eigenvalue weighted by molar-refractivity contribution is 0.0374. The first-order valence-corrected chi connectivity index (χ1v) is 7.12. The van der Waals surface area contributed by atoms with Crippen molar-refractivity contribution in [1.29, 1.82) is 0 Å². The minimum Gasteiger partial charge on any atom is -0.488 e. The molecule has 0 radical (unpaired) electrons. The van der Waals surface area contributed by atoms with E-state index in [0.717, 1.165) is 39.3 Å². The highest BCUT2D eigenvalue weighted by atomic mass is 19.1. The largest absolute Gasteiger partial charge is 0.488 e. The van der Waals surface area contributed by atoms with Crippen molar-refractivity contribution in [3.8, 4) is 5.75 Å². The molecule has 0 N–H and O–H groups in total. The van der Waals surface area contributed by atoms with E-state index in [9.17, 15) is 8.78 Å². The first-order chi connectivity index (χ1) is 9.72. The van der Waals surface area contributed by atoms with Crippen LogP contribution in [-0.4, -0.2) is 44.4 Å². The average molecular weight is 285 g/mol. The smallest absolute Gasteiger partial charge is 0.190 e. The third-order valence-corrected chi connectivity index (χ3v) is 3.44. The molecule has 1 heterocycles. The van der Waals surface area contributed by atoms with Crippen LogP contribution in [0.25, 0.3) is 0 Å². The number of halogens is 2. The normalized spacial score (nSPS) is 16.4. The molecule has 1 saturated heterocycles. The molecule has 3 nitrogen and oxygen atoms in total. The summed E-state index contributed by atoms with van der Waals surface area (Å²) in [4.78, 5) is 2.30. The second-order valence-electron chi connectivity index (χ2n) is 4.84. The molecule has 0 spiro atoms. The van der Waals surface area contributed by atoms with E-state index in [1.807, 2.05) is 0 Å². The van der Waals surface area contributed by atoms with Crippen LogP contribution in [0, 0.1) is 11.6 Å². The van der Waals surface area contributed by atoms with Crippen LogP contribution in [0.3, 0.4) is 0 Å². The molecule has 0 atom stereocenters. The number of morpholine rings is 1. The van der Waals surface area contributed by atoms with Crippen molar-refractivity contribution in [3.63, 3.8) is 0 Å². The predicted octanol–water partition coefficient (Wildman–Crippen LogP) is 2.63. The van der Waals surface area contributed by atoms with Gasteiger partial charge in [0.2, 0.25) is 0 Å². The summed E-state index contributed by atoms with van der Waals surface area (Å²) < 4.78 is 37.8. The van der Waals surface area contributed by atoms with Gasteiger partial charge in [-0.15, -0.1) is 0 Å². The maximum atomic E-state index is 14.1. The Morgan fingerprint density at radius 1 is 1.25 bits per heavy atom. The van der Waals surface area contributed by atoms with E-state index < -0.39 is 11.6 Å². The number of hydrogen-bond donors (Lipinski definition) is 0. The van der Waals surface area contributed by atoms with Crippen molar-refractivity contribution in [2.75, 3.05) is 39.5 Å². The van der Waals surface area contributed by atoms with Crippen LogP contribution in [0.2, 0.25) is 0 Å². The van der Waals surface area contributed by atoms with Gasteiger partial charge in [-0.2, -0.15) is 0 Å². The number of benzene rings is 1. The Hall–Kier alpha value is -1.20. The summed E-state index contributed by atoms with van der Waals surface area (Å²) in [5.41, 5.74) is 0.517. The summed E-state index contributed by atoms with van der Waals surface area (Å²) in [6.45, 7) is 6.25. The van der Waals surface area contributed by atoms with Crippen LogP contribution < -0.4 is 4.74 Å². The zero-order valence-electron chi connectivity index (χ0n) is 11.8. The molecule has 0 amide bonds. The Morgan fingerprint density at radius 2 is 2.00 bits per heavy atom. The maximum absolute atomic E-state index is 14.1. The molecule has 2 rings (SSSR count). The molecule has 0 aliphatic carbocycles. The van der Waals surface area contributed by atoms with Crippen LogP contribution in [0.15, 0.2) is 12.1 Å². The van der Waals surface area contributed by atoms with Crippen molar-refractivity contribution in [1.82, 2.24) is 4.90 Å². The summed E-state index contributed by atoms with van der Waals surface area (Å²) >= 11 is 0. The molecule has 1 aromatic carbocycles. The van der Waals surface area contributed by atoms with E-state index in [1.165, 1.54) is 12.1 Å². The molecule has 0 unspecified atom stereocenters. The third kappa shape index (κ3) is 3.90. The Labute approximate surface area is 118 Å². The van der Waals surface area contributed by atoms with Gasteiger partial charge in [0, 0.05) is 13.1 Å². The van der Waals surface area contributed by atoms with Crippen LogP contribution in [-0.2, 0) is 11.2 Å². The first-order valence-electron chi connectivity index (χ1n) is 7.12. The number of aryl methyl sites for hydroxylation is 1. The van der Waals surface area contributed by atoms with E-state index in [2.05, 4.69) is 4.90 Å². The van der Waals surface area contributed by atoms with Crippen LogP contribution in [0.1, 0.15) is 18.9 Å². The molecule has 1 aliphatic rings. The van der Waals surface area contributed by atoms with Gasteiger partial charge in [-0.25, -0.2) is 8.78 Å². The second-order valence-corrected chi connectivity index (χ2v) is 4.84. The summed E-state index contributed by atoms with van der Waals surface area (Å²) in [5, 5.41) is 0. The Balaban J connectivity index is 1.90. The van der Waals surface area contributed by atoms with Crippen molar-refractivity contribution in [2.45, 2.75) is 19.8 Å². The summed E-state index contributed by atoms with van der Waals surface area (Å²) in [5.74, 6) is -1.45. The fourth-order valence-electron chi connectivity index (χ4n) is 2.36. The standard InChI is InChI=1S/C15H21F2NO2/c1-2-20-15-13(16)6-5-12(14(15)17)4-3-7-18-8-10-19-11-9-18/h5-6H,2-4,7-11H2,1H3. The Bertz CT molecular complexity index is 434. The van der Waals surface area contributed by atoms with Gasteiger partial charge >= 0.3 is 0 Å². The average Bonchev–Trinajstić information content (AvgIpc) is 2.47. The summed E-state index contributed by atoms with van der Waals surface area (Å²) in [7, 11) is 0. The van der Waals surface area contributed by atoms with Crippen LogP contribution in [0.5, 0.6) is 5.75 Å². The highest BCUT2D eigenvalue weighted by Gasteiger charge is 2.15. The van der Waals surface area contributed by atoms with Gasteiger partial charge < -0.3 is 9.47 Å². The van der Waals surface area contributed by atoms with Gasteiger partial charge in [0.25, 0.3) is 0 Å². The van der Waals surface area contributed by atoms with Gasteiger partial charge in [-0.1, -0.05) is 6.07 Å². The molecule has 112 valence electrons. The molecule has 1 aliphatic heterocycles. The topological polar surface area (TPSA) is 21.7 Å². The lowest BCUT2D eigenvalue weighted by atomic mass is 10.1. The van der Waals surface area contributed by atoms with Crippen LogP contribution >= 0.6 is 0 Å². The first kappa shape index (κ1) is 15.2. The monoisotopic (exact) mass is 285 g/mol. The SMILES string of the molecule is CCOc1c(F)ccc(CCCN2CCOCC2)c1F. The van der Waals surface area contributed by atoms with E-state index >= 15 is 0 Å². The quantitative estimate of drug-likeness (QED) is 0.802. The van der Waals surface area contributed by atoms with E-state index in [1.54, 1.807) is 6.92 Å². The molecular formula is C15H21F2NO2.